The Bertz CT molecular complexity index is 869. The molecule has 1 amide bonds. The van der Waals surface area contributed by atoms with Gasteiger partial charge in [-0.05, 0) is 55.1 Å². The highest BCUT2D eigenvalue weighted by molar-refractivity contribution is 5.92. The van der Waals surface area contributed by atoms with Crippen molar-refractivity contribution in [3.8, 4) is 0 Å². The summed E-state index contributed by atoms with van der Waals surface area (Å²) >= 11 is 0. The fourth-order valence-corrected chi connectivity index (χ4v) is 4.32. The number of aliphatic hydroxyl groups excluding tert-OH is 1. The topological polar surface area (TPSA) is 97.5 Å². The monoisotopic (exact) mass is 443 g/mol. The number of nitrogens with two attached hydrogens (primary N) is 1. The van der Waals surface area contributed by atoms with Crippen molar-refractivity contribution in [3.05, 3.63) is 59.2 Å². The Kier molecular flexibility index (Phi) is 9.14. The molecule has 7 heteroatoms. The minimum absolute atomic E-state index is 0.0672. The number of halogens is 1. The molecule has 4 N–H and O–H groups in total. The number of nitrogens with one attached hydrogen (secondary N) is 1. The molecule has 1 aliphatic heterocycles. The molecule has 0 radical (unpaired) electrons. The number of aliphatic hydroxyl groups is 1. The molecule has 32 heavy (non-hydrogen) atoms. The van der Waals surface area contributed by atoms with Gasteiger partial charge in [0, 0.05) is 31.2 Å². The number of benzene rings is 1. The van der Waals surface area contributed by atoms with Crippen molar-refractivity contribution in [2.24, 2.45) is 11.7 Å². The van der Waals surface area contributed by atoms with Crippen LogP contribution in [0.3, 0.4) is 0 Å². The summed E-state index contributed by atoms with van der Waals surface area (Å²) in [5.74, 6) is -0.225. The fourth-order valence-electron chi connectivity index (χ4n) is 4.32. The number of pyridine rings is 1. The molecule has 0 saturated carbocycles. The zero-order valence-corrected chi connectivity index (χ0v) is 18.7. The zero-order chi connectivity index (χ0) is 22.9. The van der Waals surface area contributed by atoms with Crippen molar-refractivity contribution in [2.75, 3.05) is 25.1 Å². The van der Waals surface area contributed by atoms with Crippen LogP contribution >= 0.6 is 0 Å². The summed E-state index contributed by atoms with van der Waals surface area (Å²) in [6.45, 7) is 3.37. The van der Waals surface area contributed by atoms with Gasteiger partial charge in [0.05, 0.1) is 24.7 Å². The van der Waals surface area contributed by atoms with E-state index < -0.39 is 11.9 Å². The number of ether oxygens (including phenoxy) is 1. The number of aromatic nitrogens is 1. The molecule has 1 saturated heterocycles. The second-order valence-electron chi connectivity index (χ2n) is 8.53. The number of carbonyl (C=O) groups excluding carboxylic acids is 1. The number of rotatable bonds is 10. The van der Waals surface area contributed by atoms with Crippen LogP contribution in [0.1, 0.15) is 55.2 Å². The lowest BCUT2D eigenvalue weighted by Gasteiger charge is -2.30. The lowest BCUT2D eigenvalue weighted by molar-refractivity contribution is -0.117. The van der Waals surface area contributed by atoms with Gasteiger partial charge < -0.3 is 20.9 Å². The van der Waals surface area contributed by atoms with E-state index in [1.54, 1.807) is 0 Å². The van der Waals surface area contributed by atoms with Crippen molar-refractivity contribution in [2.45, 2.75) is 57.4 Å². The van der Waals surface area contributed by atoms with Crippen molar-refractivity contribution in [1.29, 1.82) is 0 Å². The van der Waals surface area contributed by atoms with Crippen LogP contribution in [0.2, 0.25) is 0 Å². The average Bonchev–Trinajstić information content (AvgIpc) is 2.82. The molecule has 2 heterocycles. The Labute approximate surface area is 189 Å². The number of amides is 1. The summed E-state index contributed by atoms with van der Waals surface area (Å²) in [6.07, 6.45) is 6.44. The molecule has 6 nitrogen and oxygen atoms in total. The fraction of sp³-hybridized carbons (Fsp3) is 0.520. The van der Waals surface area contributed by atoms with E-state index in [-0.39, 0.29) is 18.4 Å². The van der Waals surface area contributed by atoms with Crippen LogP contribution in [-0.4, -0.2) is 41.9 Å². The molecule has 1 unspecified atom stereocenters. The van der Waals surface area contributed by atoms with E-state index in [4.69, 9.17) is 15.6 Å². The van der Waals surface area contributed by atoms with E-state index in [2.05, 4.69) is 41.5 Å². The molecule has 0 bridgehead atoms. The van der Waals surface area contributed by atoms with Crippen molar-refractivity contribution >= 4 is 11.6 Å². The Morgan fingerprint density at radius 3 is 2.66 bits per heavy atom. The summed E-state index contributed by atoms with van der Waals surface area (Å²) in [6, 6.07) is 8.06. The maximum absolute atomic E-state index is 14.4. The van der Waals surface area contributed by atoms with E-state index >= 15 is 0 Å². The van der Waals surface area contributed by atoms with Gasteiger partial charge in [0.15, 0.2) is 0 Å². The maximum atomic E-state index is 14.4. The SMILES string of the molecule is CCc1ccc(C(CC(=O)Nc2cncc(F)c2CC[C@H](N)CO)C2CCOCC2)cc1. The zero-order valence-electron chi connectivity index (χ0n) is 18.7. The van der Waals surface area contributed by atoms with Crippen LogP contribution < -0.4 is 11.1 Å². The smallest absolute Gasteiger partial charge is 0.225 e. The van der Waals surface area contributed by atoms with Crippen LogP contribution in [0.15, 0.2) is 36.7 Å². The van der Waals surface area contributed by atoms with Crippen LogP contribution in [0.4, 0.5) is 10.1 Å². The molecule has 1 fully saturated rings. The first-order valence-corrected chi connectivity index (χ1v) is 11.5. The second-order valence-corrected chi connectivity index (χ2v) is 8.53. The Morgan fingerprint density at radius 2 is 2.00 bits per heavy atom. The Morgan fingerprint density at radius 1 is 1.28 bits per heavy atom. The summed E-state index contributed by atoms with van der Waals surface area (Å²) in [7, 11) is 0. The number of anilines is 1. The van der Waals surface area contributed by atoms with Gasteiger partial charge in [-0.3, -0.25) is 9.78 Å². The number of carbonyl (C=O) groups is 1. The first-order chi connectivity index (χ1) is 15.5. The quantitative estimate of drug-likeness (QED) is 0.522. The maximum Gasteiger partial charge on any atom is 0.225 e. The predicted octanol–water partition coefficient (Wildman–Crippen LogP) is 3.57. The molecule has 0 aliphatic carbocycles. The Hall–Kier alpha value is -2.35. The molecule has 0 spiro atoms. The predicted molar refractivity (Wildman–Crippen MR) is 123 cm³/mol. The van der Waals surface area contributed by atoms with Gasteiger partial charge in [0.25, 0.3) is 0 Å². The summed E-state index contributed by atoms with van der Waals surface area (Å²) in [4.78, 5) is 17.0. The largest absolute Gasteiger partial charge is 0.395 e. The van der Waals surface area contributed by atoms with Gasteiger partial charge in [-0.1, -0.05) is 31.2 Å². The van der Waals surface area contributed by atoms with Crippen LogP contribution in [0, 0.1) is 11.7 Å². The molecule has 2 aromatic rings. The average molecular weight is 444 g/mol. The Balaban J connectivity index is 1.75. The standard InChI is InChI=1S/C25H34FN3O3/c1-2-17-3-5-18(6-4-17)22(19-9-11-32-12-10-19)13-25(31)29-24-15-28-14-23(26)21(24)8-7-20(27)16-30/h3-6,14-15,19-20,22,30H,2,7-13,16,27H2,1H3,(H,29,31)/t20-,22?/m0/s1. The number of nitrogens with zero attached hydrogens (tertiary/aromatic N) is 1. The van der Waals surface area contributed by atoms with Gasteiger partial charge in [0.2, 0.25) is 5.91 Å². The van der Waals surface area contributed by atoms with Crippen LogP contribution in [-0.2, 0) is 22.4 Å². The third kappa shape index (κ3) is 6.58. The number of hydrogen-bond donors (Lipinski definition) is 3. The number of hydrogen-bond acceptors (Lipinski definition) is 5. The van der Waals surface area contributed by atoms with E-state index in [1.807, 2.05) is 0 Å². The van der Waals surface area contributed by atoms with E-state index in [0.717, 1.165) is 31.0 Å². The molecule has 1 aromatic heterocycles. The van der Waals surface area contributed by atoms with Crippen molar-refractivity contribution in [3.63, 3.8) is 0 Å². The van der Waals surface area contributed by atoms with E-state index in [9.17, 15) is 9.18 Å². The van der Waals surface area contributed by atoms with Gasteiger partial charge >= 0.3 is 0 Å². The van der Waals surface area contributed by atoms with E-state index in [1.165, 1.54) is 11.8 Å². The molecule has 1 aromatic carbocycles. The van der Waals surface area contributed by atoms with Gasteiger partial charge in [0.1, 0.15) is 5.82 Å². The van der Waals surface area contributed by atoms with Gasteiger partial charge in [-0.25, -0.2) is 4.39 Å². The van der Waals surface area contributed by atoms with Gasteiger partial charge in [-0.2, -0.15) is 0 Å². The number of aryl methyl sites for hydroxylation is 1. The second kappa shape index (κ2) is 12.0. The third-order valence-electron chi connectivity index (χ3n) is 6.34. The van der Waals surface area contributed by atoms with Crippen molar-refractivity contribution < 1.29 is 19.0 Å². The first-order valence-electron chi connectivity index (χ1n) is 11.5. The summed E-state index contributed by atoms with van der Waals surface area (Å²) < 4.78 is 19.9. The molecule has 3 rings (SSSR count). The molecule has 174 valence electrons. The third-order valence-corrected chi connectivity index (χ3v) is 6.34. The van der Waals surface area contributed by atoms with Crippen LogP contribution in [0.5, 0.6) is 0 Å². The summed E-state index contributed by atoms with van der Waals surface area (Å²) in [5, 5.41) is 12.0. The minimum atomic E-state index is -0.482. The molecule has 2 atom stereocenters. The van der Waals surface area contributed by atoms with Gasteiger partial charge in [-0.15, -0.1) is 0 Å². The molecular weight excluding hydrogens is 409 g/mol. The minimum Gasteiger partial charge on any atom is -0.395 e. The highest BCUT2D eigenvalue weighted by atomic mass is 19.1. The van der Waals surface area contributed by atoms with Crippen LogP contribution in [0.25, 0.3) is 0 Å². The first kappa shape index (κ1) is 24.3. The normalized spacial score (nSPS) is 16.5. The molecule has 1 aliphatic rings. The lowest BCUT2D eigenvalue weighted by Crippen LogP contribution is -2.27. The lowest BCUT2D eigenvalue weighted by atomic mass is 9.79. The van der Waals surface area contributed by atoms with E-state index in [0.29, 0.717) is 49.6 Å². The molecular formula is C25H34FN3O3. The highest BCUT2D eigenvalue weighted by Gasteiger charge is 2.28. The summed E-state index contributed by atoms with van der Waals surface area (Å²) in [5.41, 5.74) is 8.92. The highest BCUT2D eigenvalue weighted by Crippen LogP contribution is 2.35. The van der Waals surface area contributed by atoms with Crippen molar-refractivity contribution in [1.82, 2.24) is 4.98 Å².